The second-order valence-electron chi connectivity index (χ2n) is 5.78. The molecule has 0 heterocycles. The number of nitrogens with two attached hydrogens (primary N) is 1. The SMILES string of the molecule is CCCC(C)(N)C(=O)N[C@H](C(=O)O)C(C)(C)C. The number of carboxylic acid groups (broad SMARTS) is 1. The van der Waals surface area contributed by atoms with Gasteiger partial charge in [0.25, 0.3) is 0 Å². The van der Waals surface area contributed by atoms with Gasteiger partial charge in [0, 0.05) is 0 Å². The Balaban J connectivity index is 4.80. The van der Waals surface area contributed by atoms with Crippen molar-refractivity contribution in [2.75, 3.05) is 0 Å². The minimum absolute atomic E-state index is 0.415. The van der Waals surface area contributed by atoms with Gasteiger partial charge in [0.15, 0.2) is 0 Å². The van der Waals surface area contributed by atoms with Gasteiger partial charge >= 0.3 is 5.97 Å². The molecule has 0 aliphatic heterocycles. The molecule has 5 heteroatoms. The predicted octanol–water partition coefficient (Wildman–Crippen LogP) is 1.12. The molecule has 5 nitrogen and oxygen atoms in total. The Bertz CT molecular complexity index is 293. The molecule has 0 rings (SSSR count). The van der Waals surface area contributed by atoms with Crippen molar-refractivity contribution in [1.82, 2.24) is 5.32 Å². The van der Waals surface area contributed by atoms with E-state index in [1.165, 1.54) is 0 Å². The lowest BCUT2D eigenvalue weighted by molar-refractivity contribution is -0.145. The lowest BCUT2D eigenvalue weighted by Crippen LogP contribution is -2.58. The Kier molecular flexibility index (Phi) is 5.13. The summed E-state index contributed by atoms with van der Waals surface area (Å²) in [5.74, 6) is -1.46. The van der Waals surface area contributed by atoms with Crippen molar-refractivity contribution in [2.45, 2.75) is 59.0 Å². The minimum Gasteiger partial charge on any atom is -0.480 e. The summed E-state index contributed by atoms with van der Waals surface area (Å²) < 4.78 is 0. The topological polar surface area (TPSA) is 92.4 Å². The maximum absolute atomic E-state index is 11.9. The number of hydrogen-bond donors (Lipinski definition) is 3. The van der Waals surface area contributed by atoms with Crippen LogP contribution in [0.25, 0.3) is 0 Å². The monoisotopic (exact) mass is 244 g/mol. The minimum atomic E-state index is -1.04. The quantitative estimate of drug-likeness (QED) is 0.675. The van der Waals surface area contributed by atoms with Crippen LogP contribution in [0.1, 0.15) is 47.5 Å². The maximum Gasteiger partial charge on any atom is 0.326 e. The molecule has 0 fully saturated rings. The van der Waals surface area contributed by atoms with Gasteiger partial charge in [0.2, 0.25) is 5.91 Å². The van der Waals surface area contributed by atoms with Crippen LogP contribution in [-0.4, -0.2) is 28.6 Å². The molecule has 100 valence electrons. The van der Waals surface area contributed by atoms with Gasteiger partial charge in [0.1, 0.15) is 6.04 Å². The number of hydrogen-bond acceptors (Lipinski definition) is 3. The van der Waals surface area contributed by atoms with Gasteiger partial charge in [0.05, 0.1) is 5.54 Å². The molecule has 0 radical (unpaired) electrons. The second-order valence-corrected chi connectivity index (χ2v) is 5.78. The van der Waals surface area contributed by atoms with Crippen molar-refractivity contribution < 1.29 is 14.7 Å². The molecular weight excluding hydrogens is 220 g/mol. The zero-order valence-electron chi connectivity index (χ0n) is 11.3. The van der Waals surface area contributed by atoms with Crippen LogP contribution in [0, 0.1) is 5.41 Å². The first kappa shape index (κ1) is 15.9. The summed E-state index contributed by atoms with van der Waals surface area (Å²) in [7, 11) is 0. The highest BCUT2D eigenvalue weighted by Crippen LogP contribution is 2.20. The van der Waals surface area contributed by atoms with Crippen LogP contribution in [0.5, 0.6) is 0 Å². The van der Waals surface area contributed by atoms with E-state index >= 15 is 0 Å². The summed E-state index contributed by atoms with van der Waals surface area (Å²) in [6, 6.07) is -0.935. The molecule has 0 saturated carbocycles. The molecule has 1 amide bonds. The fourth-order valence-corrected chi connectivity index (χ4v) is 1.58. The van der Waals surface area contributed by atoms with Crippen LogP contribution < -0.4 is 11.1 Å². The molecular formula is C12H24N2O3. The van der Waals surface area contributed by atoms with Crippen LogP contribution in [0.4, 0.5) is 0 Å². The maximum atomic E-state index is 11.9. The molecule has 0 aliphatic carbocycles. The highest BCUT2D eigenvalue weighted by Gasteiger charge is 2.36. The summed E-state index contributed by atoms with van der Waals surface area (Å²) in [5.41, 5.74) is 4.29. The molecule has 4 N–H and O–H groups in total. The number of rotatable bonds is 5. The highest BCUT2D eigenvalue weighted by molar-refractivity contribution is 5.89. The van der Waals surface area contributed by atoms with Crippen molar-refractivity contribution in [1.29, 1.82) is 0 Å². The molecule has 0 aromatic heterocycles. The summed E-state index contributed by atoms with van der Waals surface area (Å²) in [6.07, 6.45) is 1.29. The summed E-state index contributed by atoms with van der Waals surface area (Å²) in [6.45, 7) is 8.84. The number of amides is 1. The lowest BCUT2D eigenvalue weighted by Gasteiger charge is -2.31. The molecule has 0 aliphatic rings. The summed E-state index contributed by atoms with van der Waals surface area (Å²) in [4.78, 5) is 23.0. The average molecular weight is 244 g/mol. The fourth-order valence-electron chi connectivity index (χ4n) is 1.58. The second kappa shape index (κ2) is 5.49. The molecule has 0 bridgehead atoms. The molecule has 2 atom stereocenters. The van der Waals surface area contributed by atoms with E-state index in [-0.39, 0.29) is 0 Å². The smallest absolute Gasteiger partial charge is 0.326 e. The highest BCUT2D eigenvalue weighted by atomic mass is 16.4. The first-order valence-electron chi connectivity index (χ1n) is 5.85. The number of carbonyl (C=O) groups excluding carboxylic acids is 1. The van der Waals surface area contributed by atoms with E-state index in [1.807, 2.05) is 6.92 Å². The Hall–Kier alpha value is -1.10. The molecule has 17 heavy (non-hydrogen) atoms. The lowest BCUT2D eigenvalue weighted by atomic mass is 9.85. The molecule has 0 spiro atoms. The zero-order valence-corrected chi connectivity index (χ0v) is 11.3. The van der Waals surface area contributed by atoms with E-state index in [2.05, 4.69) is 5.32 Å². The van der Waals surface area contributed by atoms with Gasteiger partial charge in [-0.25, -0.2) is 4.79 Å². The van der Waals surface area contributed by atoms with Crippen LogP contribution in [0.15, 0.2) is 0 Å². The third-order valence-electron chi connectivity index (χ3n) is 2.68. The molecule has 0 aromatic carbocycles. The van der Waals surface area contributed by atoms with E-state index < -0.39 is 28.9 Å². The van der Waals surface area contributed by atoms with Gasteiger partial charge in [-0.15, -0.1) is 0 Å². The Morgan fingerprint density at radius 2 is 1.76 bits per heavy atom. The van der Waals surface area contributed by atoms with Crippen LogP contribution in [0.2, 0.25) is 0 Å². The molecule has 0 aromatic rings. The van der Waals surface area contributed by atoms with Crippen molar-refractivity contribution in [2.24, 2.45) is 11.1 Å². The number of carbonyl (C=O) groups is 2. The van der Waals surface area contributed by atoms with Crippen molar-refractivity contribution >= 4 is 11.9 Å². The Labute approximate surface area is 103 Å². The van der Waals surface area contributed by atoms with Crippen molar-refractivity contribution in [3.05, 3.63) is 0 Å². The Morgan fingerprint density at radius 3 is 2.06 bits per heavy atom. The van der Waals surface area contributed by atoms with E-state index in [9.17, 15) is 9.59 Å². The largest absolute Gasteiger partial charge is 0.480 e. The van der Waals surface area contributed by atoms with Gasteiger partial charge < -0.3 is 16.2 Å². The number of carboxylic acids is 1. The van der Waals surface area contributed by atoms with Crippen molar-refractivity contribution in [3.8, 4) is 0 Å². The fraction of sp³-hybridized carbons (Fsp3) is 0.833. The van der Waals surface area contributed by atoms with Crippen LogP contribution in [0.3, 0.4) is 0 Å². The predicted molar refractivity (Wildman–Crippen MR) is 66.5 cm³/mol. The first-order valence-corrected chi connectivity index (χ1v) is 5.85. The molecule has 1 unspecified atom stereocenters. The van der Waals surface area contributed by atoms with Gasteiger partial charge in [-0.1, -0.05) is 34.1 Å². The van der Waals surface area contributed by atoms with E-state index in [4.69, 9.17) is 10.8 Å². The summed E-state index contributed by atoms with van der Waals surface area (Å²) >= 11 is 0. The molecule has 0 saturated heterocycles. The first-order chi connectivity index (χ1) is 7.52. The standard InChI is InChI=1S/C12H24N2O3/c1-6-7-12(5,13)10(17)14-8(9(15)16)11(2,3)4/h8H,6-7,13H2,1-5H3,(H,14,17)(H,15,16)/t8-,12?/m1/s1. The van der Waals surface area contributed by atoms with E-state index in [0.29, 0.717) is 6.42 Å². The van der Waals surface area contributed by atoms with E-state index in [1.54, 1.807) is 27.7 Å². The number of aliphatic carboxylic acids is 1. The summed E-state index contributed by atoms with van der Waals surface area (Å²) in [5, 5.41) is 11.6. The van der Waals surface area contributed by atoms with Gasteiger partial charge in [-0.05, 0) is 18.8 Å². The normalized spacial score (nSPS) is 17.1. The van der Waals surface area contributed by atoms with Crippen LogP contribution in [-0.2, 0) is 9.59 Å². The van der Waals surface area contributed by atoms with Gasteiger partial charge in [-0.3, -0.25) is 4.79 Å². The Morgan fingerprint density at radius 1 is 1.29 bits per heavy atom. The third kappa shape index (κ3) is 4.73. The number of nitrogens with one attached hydrogen (secondary N) is 1. The van der Waals surface area contributed by atoms with Gasteiger partial charge in [-0.2, -0.15) is 0 Å². The van der Waals surface area contributed by atoms with Crippen molar-refractivity contribution in [3.63, 3.8) is 0 Å². The third-order valence-corrected chi connectivity index (χ3v) is 2.68. The van der Waals surface area contributed by atoms with E-state index in [0.717, 1.165) is 6.42 Å². The van der Waals surface area contributed by atoms with Crippen LogP contribution >= 0.6 is 0 Å². The zero-order chi connectivity index (χ0) is 13.9. The average Bonchev–Trinajstić information content (AvgIpc) is 2.10.